The molecule has 0 atom stereocenters. The standard InChI is InChI=1S/C11H17ClN2O/c1-15-8-7-14(6-4-12)10-11-3-2-5-13-9-11/h2-3,5,9H,4,6-8,10H2,1H3. The van der Waals surface area contributed by atoms with E-state index in [0.29, 0.717) is 5.88 Å². The maximum absolute atomic E-state index is 5.74. The highest BCUT2D eigenvalue weighted by atomic mass is 35.5. The molecule has 0 fully saturated rings. The van der Waals surface area contributed by atoms with Crippen LogP contribution < -0.4 is 0 Å². The number of hydrogen-bond acceptors (Lipinski definition) is 3. The molecule has 0 saturated carbocycles. The molecule has 0 amide bonds. The number of alkyl halides is 1. The number of ether oxygens (including phenoxy) is 1. The van der Waals surface area contributed by atoms with Crippen LogP contribution in [0, 0.1) is 0 Å². The van der Waals surface area contributed by atoms with Gasteiger partial charge in [0.1, 0.15) is 0 Å². The SMILES string of the molecule is COCCN(CCCl)Cc1cccnc1. The van der Waals surface area contributed by atoms with Crippen molar-refractivity contribution in [2.45, 2.75) is 6.54 Å². The van der Waals surface area contributed by atoms with Gasteiger partial charge in [0.15, 0.2) is 0 Å². The van der Waals surface area contributed by atoms with Crippen LogP contribution in [0.15, 0.2) is 24.5 Å². The zero-order valence-corrected chi connectivity index (χ0v) is 9.78. The predicted molar refractivity (Wildman–Crippen MR) is 62.1 cm³/mol. The number of halogens is 1. The maximum atomic E-state index is 5.74. The lowest BCUT2D eigenvalue weighted by Crippen LogP contribution is -2.28. The smallest absolute Gasteiger partial charge is 0.0589 e. The number of pyridine rings is 1. The molecule has 0 spiro atoms. The molecule has 0 aliphatic carbocycles. The van der Waals surface area contributed by atoms with Crippen molar-refractivity contribution in [1.82, 2.24) is 9.88 Å². The van der Waals surface area contributed by atoms with Crippen LogP contribution in [0.5, 0.6) is 0 Å². The Hall–Kier alpha value is -0.640. The lowest BCUT2D eigenvalue weighted by molar-refractivity contribution is 0.148. The Morgan fingerprint density at radius 3 is 2.93 bits per heavy atom. The monoisotopic (exact) mass is 228 g/mol. The number of methoxy groups -OCH3 is 1. The molecule has 1 aromatic rings. The molecular weight excluding hydrogens is 212 g/mol. The second kappa shape index (κ2) is 7.63. The largest absolute Gasteiger partial charge is 0.383 e. The lowest BCUT2D eigenvalue weighted by atomic mass is 10.2. The lowest BCUT2D eigenvalue weighted by Gasteiger charge is -2.20. The van der Waals surface area contributed by atoms with Crippen molar-refractivity contribution >= 4 is 11.6 Å². The Kier molecular flexibility index (Phi) is 6.32. The number of aromatic nitrogens is 1. The van der Waals surface area contributed by atoms with E-state index in [2.05, 4.69) is 16.0 Å². The van der Waals surface area contributed by atoms with Crippen LogP contribution in [-0.4, -0.2) is 42.6 Å². The van der Waals surface area contributed by atoms with Crippen LogP contribution >= 0.6 is 11.6 Å². The number of hydrogen-bond donors (Lipinski definition) is 0. The predicted octanol–water partition coefficient (Wildman–Crippen LogP) is 1.77. The maximum Gasteiger partial charge on any atom is 0.0589 e. The summed E-state index contributed by atoms with van der Waals surface area (Å²) in [6.07, 6.45) is 3.67. The highest BCUT2D eigenvalue weighted by molar-refractivity contribution is 6.18. The molecule has 0 aliphatic rings. The van der Waals surface area contributed by atoms with Crippen LogP contribution in [0.1, 0.15) is 5.56 Å². The van der Waals surface area contributed by atoms with Crippen LogP contribution in [0.2, 0.25) is 0 Å². The molecule has 0 aromatic carbocycles. The van der Waals surface area contributed by atoms with E-state index < -0.39 is 0 Å². The van der Waals surface area contributed by atoms with E-state index in [0.717, 1.165) is 26.2 Å². The quantitative estimate of drug-likeness (QED) is 0.666. The molecule has 84 valence electrons. The highest BCUT2D eigenvalue weighted by Crippen LogP contribution is 2.02. The molecule has 0 saturated heterocycles. The van der Waals surface area contributed by atoms with E-state index in [9.17, 15) is 0 Å². The summed E-state index contributed by atoms with van der Waals surface area (Å²) in [7, 11) is 1.71. The summed E-state index contributed by atoms with van der Waals surface area (Å²) in [4.78, 5) is 6.34. The molecular formula is C11H17ClN2O. The molecule has 1 aromatic heterocycles. The van der Waals surface area contributed by atoms with Crippen LogP contribution in [0.25, 0.3) is 0 Å². The van der Waals surface area contributed by atoms with Gasteiger partial charge in [-0.05, 0) is 11.6 Å². The van der Waals surface area contributed by atoms with E-state index in [4.69, 9.17) is 16.3 Å². The minimum atomic E-state index is 0.643. The van der Waals surface area contributed by atoms with Gasteiger partial charge in [-0.1, -0.05) is 6.07 Å². The molecule has 0 N–H and O–H groups in total. The summed E-state index contributed by atoms with van der Waals surface area (Å²) >= 11 is 5.74. The van der Waals surface area contributed by atoms with Crippen LogP contribution in [0.3, 0.4) is 0 Å². The van der Waals surface area contributed by atoms with Gasteiger partial charge in [0.25, 0.3) is 0 Å². The zero-order chi connectivity index (χ0) is 10.9. The second-order valence-corrected chi connectivity index (χ2v) is 3.70. The zero-order valence-electron chi connectivity index (χ0n) is 9.03. The Labute approximate surface area is 96.0 Å². The van der Waals surface area contributed by atoms with E-state index in [1.807, 2.05) is 12.3 Å². The third-order valence-corrected chi connectivity index (χ3v) is 2.31. The summed E-state index contributed by atoms with van der Waals surface area (Å²) in [6.45, 7) is 3.39. The van der Waals surface area contributed by atoms with E-state index in [-0.39, 0.29) is 0 Å². The van der Waals surface area contributed by atoms with Crippen molar-refractivity contribution in [3.8, 4) is 0 Å². The Morgan fingerprint density at radius 1 is 1.47 bits per heavy atom. The molecule has 3 nitrogen and oxygen atoms in total. The first-order valence-electron chi connectivity index (χ1n) is 5.03. The van der Waals surface area contributed by atoms with Crippen molar-refractivity contribution in [3.63, 3.8) is 0 Å². The average molecular weight is 229 g/mol. The van der Waals surface area contributed by atoms with Gasteiger partial charge >= 0.3 is 0 Å². The minimum absolute atomic E-state index is 0.643. The first kappa shape index (κ1) is 12.4. The molecule has 1 heterocycles. The third-order valence-electron chi connectivity index (χ3n) is 2.14. The summed E-state index contributed by atoms with van der Waals surface area (Å²) < 4.78 is 5.06. The number of nitrogens with zero attached hydrogens (tertiary/aromatic N) is 2. The highest BCUT2D eigenvalue weighted by Gasteiger charge is 2.04. The van der Waals surface area contributed by atoms with Crippen molar-refractivity contribution in [2.75, 3.05) is 32.7 Å². The van der Waals surface area contributed by atoms with Crippen molar-refractivity contribution < 1.29 is 4.74 Å². The molecule has 0 aliphatic heterocycles. The fourth-order valence-corrected chi connectivity index (χ4v) is 1.60. The number of rotatable bonds is 7. The van der Waals surface area contributed by atoms with Gasteiger partial charge in [-0.3, -0.25) is 9.88 Å². The molecule has 0 radical (unpaired) electrons. The Bertz CT molecular complexity index is 256. The van der Waals surface area contributed by atoms with Crippen LogP contribution in [-0.2, 0) is 11.3 Å². The summed E-state index contributed by atoms with van der Waals surface area (Å²) in [6, 6.07) is 4.02. The minimum Gasteiger partial charge on any atom is -0.383 e. The van der Waals surface area contributed by atoms with Gasteiger partial charge in [-0.2, -0.15) is 0 Å². The second-order valence-electron chi connectivity index (χ2n) is 3.32. The third kappa shape index (κ3) is 5.11. The van der Waals surface area contributed by atoms with E-state index in [1.165, 1.54) is 5.56 Å². The Morgan fingerprint density at radius 2 is 2.33 bits per heavy atom. The van der Waals surface area contributed by atoms with Gasteiger partial charge in [0.2, 0.25) is 0 Å². The summed E-state index contributed by atoms with van der Waals surface area (Å²) in [5, 5.41) is 0. The van der Waals surface area contributed by atoms with Gasteiger partial charge in [0.05, 0.1) is 6.61 Å². The summed E-state index contributed by atoms with van der Waals surface area (Å²) in [5.41, 5.74) is 1.21. The normalized spacial score (nSPS) is 10.9. The van der Waals surface area contributed by atoms with Gasteiger partial charge in [0, 0.05) is 45.0 Å². The first-order valence-corrected chi connectivity index (χ1v) is 5.56. The van der Waals surface area contributed by atoms with Gasteiger partial charge in [-0.15, -0.1) is 11.6 Å². The molecule has 0 bridgehead atoms. The topological polar surface area (TPSA) is 25.4 Å². The van der Waals surface area contributed by atoms with Gasteiger partial charge in [-0.25, -0.2) is 0 Å². The average Bonchev–Trinajstić information content (AvgIpc) is 2.28. The van der Waals surface area contributed by atoms with Crippen molar-refractivity contribution in [2.24, 2.45) is 0 Å². The molecule has 4 heteroatoms. The first-order chi connectivity index (χ1) is 7.36. The van der Waals surface area contributed by atoms with Gasteiger partial charge < -0.3 is 4.74 Å². The fraction of sp³-hybridized carbons (Fsp3) is 0.545. The van der Waals surface area contributed by atoms with E-state index in [1.54, 1.807) is 13.3 Å². The molecule has 0 unspecified atom stereocenters. The van der Waals surface area contributed by atoms with Crippen molar-refractivity contribution in [1.29, 1.82) is 0 Å². The summed E-state index contributed by atoms with van der Waals surface area (Å²) in [5.74, 6) is 0.643. The van der Waals surface area contributed by atoms with Crippen molar-refractivity contribution in [3.05, 3.63) is 30.1 Å². The molecule has 1 rings (SSSR count). The van der Waals surface area contributed by atoms with Crippen LogP contribution in [0.4, 0.5) is 0 Å². The van der Waals surface area contributed by atoms with E-state index >= 15 is 0 Å². The Balaban J connectivity index is 2.43. The molecule has 15 heavy (non-hydrogen) atoms. The fourth-order valence-electron chi connectivity index (χ4n) is 1.36.